The molecule has 1 aromatic carbocycles. The van der Waals surface area contributed by atoms with Crippen molar-refractivity contribution in [2.45, 2.75) is 24.3 Å². The van der Waals surface area contributed by atoms with Crippen molar-refractivity contribution in [3.8, 4) is 0 Å². The van der Waals surface area contributed by atoms with Crippen LogP contribution in [0.2, 0.25) is 0 Å². The van der Waals surface area contributed by atoms with Crippen LogP contribution in [-0.4, -0.2) is 23.3 Å². The van der Waals surface area contributed by atoms with Crippen molar-refractivity contribution >= 4 is 17.4 Å². The van der Waals surface area contributed by atoms with Crippen LogP contribution in [0, 0.1) is 5.82 Å². The molecule has 2 rings (SSSR count). The predicted molar refractivity (Wildman–Crippen MR) is 86.9 cm³/mol. The Balaban J connectivity index is 1.99. The van der Waals surface area contributed by atoms with E-state index >= 15 is 0 Å². The van der Waals surface area contributed by atoms with Crippen LogP contribution in [0.3, 0.4) is 0 Å². The first-order chi connectivity index (χ1) is 10.2. The van der Waals surface area contributed by atoms with Gasteiger partial charge in [0.05, 0.1) is 0 Å². The molecule has 112 valence electrons. The minimum absolute atomic E-state index is 0.168. The number of pyridine rings is 1. The number of halogens is 1. The third-order valence-corrected chi connectivity index (χ3v) is 4.39. The van der Waals surface area contributed by atoms with E-state index in [0.717, 1.165) is 30.0 Å². The molecule has 1 heterocycles. The fourth-order valence-corrected chi connectivity index (χ4v) is 3.10. The van der Waals surface area contributed by atoms with Gasteiger partial charge in [-0.1, -0.05) is 19.1 Å². The summed E-state index contributed by atoms with van der Waals surface area (Å²) in [4.78, 5) is 4.80. The summed E-state index contributed by atoms with van der Waals surface area (Å²) < 4.78 is 13.6. The Labute approximate surface area is 129 Å². The van der Waals surface area contributed by atoms with Crippen molar-refractivity contribution in [1.29, 1.82) is 0 Å². The van der Waals surface area contributed by atoms with Gasteiger partial charge < -0.3 is 11.1 Å². The summed E-state index contributed by atoms with van der Waals surface area (Å²) in [6, 6.07) is 8.89. The second-order valence-corrected chi connectivity index (χ2v) is 5.84. The standard InChI is InChI=1S/C16H20FN3S/c1-2-20-13(9-12-10-19-8-7-15(12)18)11-21-16-6-4-3-5-14(16)17/h3-8,10,13,20H,2,9,11H2,1H3,(H2,18,19). The van der Waals surface area contributed by atoms with Crippen molar-refractivity contribution in [3.05, 3.63) is 54.1 Å². The first-order valence-corrected chi connectivity index (χ1v) is 7.98. The summed E-state index contributed by atoms with van der Waals surface area (Å²) in [6.45, 7) is 2.93. The molecule has 0 radical (unpaired) electrons. The molecule has 1 unspecified atom stereocenters. The molecule has 2 aromatic rings. The highest BCUT2D eigenvalue weighted by molar-refractivity contribution is 7.99. The second-order valence-electron chi connectivity index (χ2n) is 4.77. The predicted octanol–water partition coefficient (Wildman–Crippen LogP) is 3.12. The topological polar surface area (TPSA) is 50.9 Å². The van der Waals surface area contributed by atoms with E-state index in [4.69, 9.17) is 5.73 Å². The van der Waals surface area contributed by atoms with Crippen LogP contribution in [-0.2, 0) is 6.42 Å². The summed E-state index contributed by atoms with van der Waals surface area (Å²) in [5.41, 5.74) is 7.74. The number of nitrogens with zero attached hydrogens (tertiary/aromatic N) is 1. The van der Waals surface area contributed by atoms with E-state index in [9.17, 15) is 4.39 Å². The third kappa shape index (κ3) is 4.72. The first kappa shape index (κ1) is 15.8. The van der Waals surface area contributed by atoms with Gasteiger partial charge in [0.2, 0.25) is 0 Å². The summed E-state index contributed by atoms with van der Waals surface area (Å²) in [5, 5.41) is 3.42. The first-order valence-electron chi connectivity index (χ1n) is 6.99. The molecule has 0 saturated heterocycles. The number of likely N-dealkylation sites (N-methyl/N-ethyl adjacent to an activating group) is 1. The van der Waals surface area contributed by atoms with Crippen LogP contribution in [0.4, 0.5) is 10.1 Å². The largest absolute Gasteiger partial charge is 0.398 e. The summed E-state index contributed by atoms with van der Waals surface area (Å²) >= 11 is 1.52. The summed E-state index contributed by atoms with van der Waals surface area (Å²) in [6.07, 6.45) is 4.28. The molecule has 5 heteroatoms. The van der Waals surface area contributed by atoms with Crippen LogP contribution < -0.4 is 11.1 Å². The van der Waals surface area contributed by atoms with E-state index in [1.54, 1.807) is 24.5 Å². The maximum absolute atomic E-state index is 13.6. The number of nitrogen functional groups attached to an aromatic ring is 1. The molecule has 0 fully saturated rings. The highest BCUT2D eigenvalue weighted by Gasteiger charge is 2.12. The Morgan fingerprint density at radius 2 is 2.14 bits per heavy atom. The van der Waals surface area contributed by atoms with E-state index in [0.29, 0.717) is 4.90 Å². The smallest absolute Gasteiger partial charge is 0.136 e. The molecule has 0 spiro atoms. The molecule has 0 aliphatic rings. The maximum Gasteiger partial charge on any atom is 0.136 e. The molecule has 0 bridgehead atoms. The van der Waals surface area contributed by atoms with Crippen molar-refractivity contribution in [2.24, 2.45) is 0 Å². The van der Waals surface area contributed by atoms with Crippen molar-refractivity contribution in [3.63, 3.8) is 0 Å². The minimum atomic E-state index is -0.168. The molecule has 0 aliphatic carbocycles. The SMILES string of the molecule is CCNC(CSc1ccccc1F)Cc1cnccc1N. The zero-order valence-electron chi connectivity index (χ0n) is 12.1. The minimum Gasteiger partial charge on any atom is -0.398 e. The third-order valence-electron chi connectivity index (χ3n) is 3.18. The monoisotopic (exact) mass is 305 g/mol. The Bertz CT molecular complexity index is 577. The summed E-state index contributed by atoms with van der Waals surface area (Å²) in [5.74, 6) is 0.613. The van der Waals surface area contributed by atoms with Gasteiger partial charge in [0, 0.05) is 34.8 Å². The summed E-state index contributed by atoms with van der Waals surface area (Å²) in [7, 11) is 0. The maximum atomic E-state index is 13.6. The molecular formula is C16H20FN3S. The zero-order valence-corrected chi connectivity index (χ0v) is 12.9. The quantitative estimate of drug-likeness (QED) is 0.772. The lowest BCUT2D eigenvalue weighted by Crippen LogP contribution is -2.33. The van der Waals surface area contributed by atoms with Crippen LogP contribution in [0.25, 0.3) is 0 Å². The molecule has 0 aliphatic heterocycles. The normalized spacial score (nSPS) is 12.3. The van der Waals surface area contributed by atoms with Gasteiger partial charge in [-0.25, -0.2) is 4.39 Å². The van der Waals surface area contributed by atoms with E-state index in [1.165, 1.54) is 17.8 Å². The molecule has 0 amide bonds. The van der Waals surface area contributed by atoms with Gasteiger partial charge in [-0.05, 0) is 36.7 Å². The number of thioether (sulfide) groups is 1. The Morgan fingerprint density at radius 1 is 1.33 bits per heavy atom. The highest BCUT2D eigenvalue weighted by Crippen LogP contribution is 2.23. The lowest BCUT2D eigenvalue weighted by Gasteiger charge is -2.18. The number of aromatic nitrogens is 1. The van der Waals surface area contributed by atoms with E-state index in [-0.39, 0.29) is 11.9 Å². The average molecular weight is 305 g/mol. The lowest BCUT2D eigenvalue weighted by atomic mass is 10.1. The van der Waals surface area contributed by atoms with Gasteiger partial charge >= 0.3 is 0 Å². The number of benzene rings is 1. The Morgan fingerprint density at radius 3 is 2.86 bits per heavy atom. The van der Waals surface area contributed by atoms with Crippen molar-refractivity contribution in [2.75, 3.05) is 18.0 Å². The lowest BCUT2D eigenvalue weighted by molar-refractivity contribution is 0.570. The van der Waals surface area contributed by atoms with Gasteiger partial charge in [0.1, 0.15) is 5.82 Å². The highest BCUT2D eigenvalue weighted by atomic mass is 32.2. The number of rotatable bonds is 7. The van der Waals surface area contributed by atoms with Gasteiger partial charge in [-0.3, -0.25) is 4.98 Å². The molecule has 21 heavy (non-hydrogen) atoms. The van der Waals surface area contributed by atoms with Gasteiger partial charge in [-0.15, -0.1) is 11.8 Å². The molecule has 0 saturated carbocycles. The average Bonchev–Trinajstić information content (AvgIpc) is 2.48. The van der Waals surface area contributed by atoms with Crippen molar-refractivity contribution in [1.82, 2.24) is 10.3 Å². The van der Waals surface area contributed by atoms with Crippen LogP contribution in [0.1, 0.15) is 12.5 Å². The van der Waals surface area contributed by atoms with Crippen LogP contribution in [0.15, 0.2) is 47.6 Å². The zero-order chi connectivity index (χ0) is 15.1. The molecular weight excluding hydrogens is 285 g/mol. The number of nitrogens with one attached hydrogen (secondary N) is 1. The fourth-order valence-electron chi connectivity index (χ4n) is 2.10. The Hall–Kier alpha value is -1.59. The van der Waals surface area contributed by atoms with Crippen molar-refractivity contribution < 1.29 is 4.39 Å². The van der Waals surface area contributed by atoms with E-state index in [1.807, 2.05) is 12.1 Å². The molecule has 1 atom stereocenters. The second kappa shape index (κ2) is 8.00. The van der Waals surface area contributed by atoms with Gasteiger partial charge in [0.25, 0.3) is 0 Å². The Kier molecular flexibility index (Phi) is 6.02. The number of nitrogens with two attached hydrogens (primary N) is 1. The van der Waals surface area contributed by atoms with Gasteiger partial charge in [0.15, 0.2) is 0 Å². The van der Waals surface area contributed by atoms with E-state index < -0.39 is 0 Å². The number of hydrogen-bond donors (Lipinski definition) is 2. The van der Waals surface area contributed by atoms with Gasteiger partial charge in [-0.2, -0.15) is 0 Å². The number of anilines is 1. The van der Waals surface area contributed by atoms with Crippen LogP contribution in [0.5, 0.6) is 0 Å². The number of hydrogen-bond acceptors (Lipinski definition) is 4. The molecule has 3 nitrogen and oxygen atoms in total. The fraction of sp³-hybridized carbons (Fsp3) is 0.312. The molecule has 3 N–H and O–H groups in total. The van der Waals surface area contributed by atoms with E-state index in [2.05, 4.69) is 17.2 Å². The van der Waals surface area contributed by atoms with Crippen LogP contribution >= 0.6 is 11.8 Å². The molecule has 1 aromatic heterocycles.